The highest BCUT2D eigenvalue weighted by Gasteiger charge is 2.19. The van der Waals surface area contributed by atoms with Gasteiger partial charge in [0.25, 0.3) is 0 Å². The lowest BCUT2D eigenvalue weighted by molar-refractivity contribution is 0.218. The van der Waals surface area contributed by atoms with Crippen LogP contribution in [-0.2, 0) is 0 Å². The van der Waals surface area contributed by atoms with Crippen molar-refractivity contribution in [1.29, 1.82) is 0 Å². The topological polar surface area (TPSA) is 48.9 Å². The monoisotopic (exact) mass is 320 g/mol. The van der Waals surface area contributed by atoms with Gasteiger partial charge >= 0.3 is 0 Å². The highest BCUT2D eigenvalue weighted by Crippen LogP contribution is 2.23. The van der Waals surface area contributed by atoms with Gasteiger partial charge in [0, 0.05) is 19.6 Å². The zero-order valence-electron chi connectivity index (χ0n) is 15.4. The zero-order valence-corrected chi connectivity index (χ0v) is 15.4. The first-order chi connectivity index (χ1) is 11.0. The van der Waals surface area contributed by atoms with E-state index < -0.39 is 0 Å². The van der Waals surface area contributed by atoms with E-state index >= 15 is 0 Å². The predicted octanol–water partition coefficient (Wildman–Crippen LogP) is 2.65. The smallest absolute Gasteiger partial charge is 0.191 e. The van der Waals surface area contributed by atoms with E-state index in [9.17, 15) is 0 Å². The number of aliphatic imine (C=N–C) groups is 1. The van der Waals surface area contributed by atoms with Crippen LogP contribution in [0.15, 0.2) is 29.3 Å². The van der Waals surface area contributed by atoms with Gasteiger partial charge in [-0.1, -0.05) is 26.0 Å². The molecule has 0 spiro atoms. The quantitative estimate of drug-likeness (QED) is 0.571. The Kier molecular flexibility index (Phi) is 8.48. The molecule has 130 valence electrons. The van der Waals surface area contributed by atoms with Crippen LogP contribution in [0.25, 0.3) is 0 Å². The molecule has 0 saturated heterocycles. The van der Waals surface area contributed by atoms with E-state index in [4.69, 9.17) is 4.74 Å². The van der Waals surface area contributed by atoms with Gasteiger partial charge in [0.15, 0.2) is 5.96 Å². The SMILES string of the molecule is CCN(CC)C(CNC(=NC)NC(C)C)c1cccc(OC)c1. The van der Waals surface area contributed by atoms with Crippen LogP contribution in [-0.4, -0.2) is 50.7 Å². The molecule has 0 fully saturated rings. The summed E-state index contributed by atoms with van der Waals surface area (Å²) < 4.78 is 5.38. The summed E-state index contributed by atoms with van der Waals surface area (Å²) in [4.78, 5) is 6.72. The second-order valence-electron chi connectivity index (χ2n) is 5.77. The van der Waals surface area contributed by atoms with Crippen LogP contribution in [0.2, 0.25) is 0 Å². The van der Waals surface area contributed by atoms with Crippen LogP contribution in [0.4, 0.5) is 0 Å². The minimum Gasteiger partial charge on any atom is -0.497 e. The number of ether oxygens (including phenoxy) is 1. The maximum Gasteiger partial charge on any atom is 0.191 e. The molecule has 0 bridgehead atoms. The Labute approximate surface area is 141 Å². The number of benzene rings is 1. The molecular formula is C18H32N4O. The van der Waals surface area contributed by atoms with Gasteiger partial charge in [-0.25, -0.2) is 0 Å². The number of methoxy groups -OCH3 is 1. The van der Waals surface area contributed by atoms with Crippen molar-refractivity contribution in [3.63, 3.8) is 0 Å². The van der Waals surface area contributed by atoms with E-state index in [-0.39, 0.29) is 6.04 Å². The number of guanidine groups is 1. The zero-order chi connectivity index (χ0) is 17.2. The van der Waals surface area contributed by atoms with Gasteiger partial charge in [-0.05, 0) is 44.6 Å². The summed E-state index contributed by atoms with van der Waals surface area (Å²) in [7, 11) is 3.51. The van der Waals surface area contributed by atoms with Crippen LogP contribution in [0.1, 0.15) is 39.3 Å². The molecule has 1 aromatic carbocycles. The standard InChI is InChI=1S/C18H32N4O/c1-7-22(8-2)17(13-20-18(19-5)21-14(3)4)15-10-9-11-16(12-15)23-6/h9-12,14,17H,7-8,13H2,1-6H3,(H2,19,20,21). The van der Waals surface area contributed by atoms with Crippen molar-refractivity contribution >= 4 is 5.96 Å². The van der Waals surface area contributed by atoms with Crippen LogP contribution >= 0.6 is 0 Å². The molecule has 1 aromatic rings. The second kappa shape index (κ2) is 10.1. The fourth-order valence-corrected chi connectivity index (χ4v) is 2.63. The van der Waals surface area contributed by atoms with E-state index in [2.05, 4.69) is 60.4 Å². The van der Waals surface area contributed by atoms with Gasteiger partial charge in [0.05, 0.1) is 13.2 Å². The molecule has 0 aromatic heterocycles. The van der Waals surface area contributed by atoms with E-state index in [0.717, 1.165) is 31.3 Å². The van der Waals surface area contributed by atoms with Crippen molar-refractivity contribution in [3.05, 3.63) is 29.8 Å². The molecule has 0 radical (unpaired) electrons. The normalized spacial score (nSPS) is 13.3. The summed E-state index contributed by atoms with van der Waals surface area (Å²) in [5, 5.41) is 6.77. The summed E-state index contributed by atoms with van der Waals surface area (Å²) in [6, 6.07) is 8.92. The Morgan fingerprint density at radius 2 is 1.96 bits per heavy atom. The molecule has 1 atom stereocenters. The molecule has 0 amide bonds. The third kappa shape index (κ3) is 6.10. The van der Waals surface area contributed by atoms with Gasteiger partial charge in [0.2, 0.25) is 0 Å². The second-order valence-corrected chi connectivity index (χ2v) is 5.77. The maximum atomic E-state index is 5.38. The number of hydrogen-bond acceptors (Lipinski definition) is 3. The fraction of sp³-hybridized carbons (Fsp3) is 0.611. The summed E-state index contributed by atoms with van der Waals surface area (Å²) in [5.41, 5.74) is 1.25. The Bertz CT molecular complexity index is 484. The van der Waals surface area contributed by atoms with Crippen molar-refractivity contribution in [2.24, 2.45) is 4.99 Å². The Hall–Kier alpha value is -1.75. The van der Waals surface area contributed by atoms with Gasteiger partial charge in [-0.15, -0.1) is 0 Å². The summed E-state index contributed by atoms with van der Waals surface area (Å²) >= 11 is 0. The molecule has 1 unspecified atom stereocenters. The highest BCUT2D eigenvalue weighted by molar-refractivity contribution is 5.79. The van der Waals surface area contributed by atoms with E-state index in [1.807, 2.05) is 12.1 Å². The van der Waals surface area contributed by atoms with E-state index in [1.165, 1.54) is 5.56 Å². The van der Waals surface area contributed by atoms with Gasteiger partial charge in [0.1, 0.15) is 5.75 Å². The molecule has 0 saturated carbocycles. The van der Waals surface area contributed by atoms with Crippen LogP contribution < -0.4 is 15.4 Å². The lowest BCUT2D eigenvalue weighted by atomic mass is 10.0. The molecule has 1 rings (SSSR count). The van der Waals surface area contributed by atoms with Crippen LogP contribution in [0.5, 0.6) is 5.75 Å². The number of rotatable bonds is 8. The number of likely N-dealkylation sites (N-methyl/N-ethyl adjacent to an activating group) is 1. The van der Waals surface area contributed by atoms with Gasteiger partial charge < -0.3 is 15.4 Å². The molecule has 2 N–H and O–H groups in total. The Morgan fingerprint density at radius 1 is 1.26 bits per heavy atom. The van der Waals surface area contributed by atoms with Crippen molar-refractivity contribution in [1.82, 2.24) is 15.5 Å². The molecule has 0 aliphatic heterocycles. The molecule has 5 heteroatoms. The van der Waals surface area contributed by atoms with Gasteiger partial charge in [-0.2, -0.15) is 0 Å². The average molecular weight is 320 g/mol. The molecule has 5 nitrogen and oxygen atoms in total. The molecule has 23 heavy (non-hydrogen) atoms. The third-order valence-corrected chi connectivity index (χ3v) is 3.84. The van der Waals surface area contributed by atoms with Gasteiger partial charge in [-0.3, -0.25) is 9.89 Å². The summed E-state index contributed by atoms with van der Waals surface area (Å²) in [6.45, 7) is 11.4. The summed E-state index contributed by atoms with van der Waals surface area (Å²) in [6.07, 6.45) is 0. The fourth-order valence-electron chi connectivity index (χ4n) is 2.63. The predicted molar refractivity (Wildman–Crippen MR) is 98.3 cm³/mol. The van der Waals surface area contributed by atoms with Crippen molar-refractivity contribution in [2.45, 2.75) is 39.8 Å². The first-order valence-electron chi connectivity index (χ1n) is 8.40. The maximum absolute atomic E-state index is 5.38. The Morgan fingerprint density at radius 3 is 2.48 bits per heavy atom. The lowest BCUT2D eigenvalue weighted by Gasteiger charge is -2.31. The number of nitrogens with one attached hydrogen (secondary N) is 2. The highest BCUT2D eigenvalue weighted by atomic mass is 16.5. The Balaban J connectivity index is 2.92. The van der Waals surface area contributed by atoms with Crippen molar-refractivity contribution in [2.75, 3.05) is 33.8 Å². The van der Waals surface area contributed by atoms with Crippen LogP contribution in [0.3, 0.4) is 0 Å². The molecule has 0 heterocycles. The van der Waals surface area contributed by atoms with E-state index in [0.29, 0.717) is 6.04 Å². The van der Waals surface area contributed by atoms with Crippen molar-refractivity contribution in [3.8, 4) is 5.75 Å². The minimum absolute atomic E-state index is 0.269. The third-order valence-electron chi connectivity index (χ3n) is 3.84. The van der Waals surface area contributed by atoms with Crippen LogP contribution in [0, 0.1) is 0 Å². The molecule has 0 aliphatic rings. The average Bonchev–Trinajstić information content (AvgIpc) is 2.57. The van der Waals surface area contributed by atoms with Crippen molar-refractivity contribution < 1.29 is 4.74 Å². The molecular weight excluding hydrogens is 288 g/mol. The largest absolute Gasteiger partial charge is 0.497 e. The number of nitrogens with zero attached hydrogens (tertiary/aromatic N) is 2. The lowest BCUT2D eigenvalue weighted by Crippen LogP contribution is -2.45. The first-order valence-corrected chi connectivity index (χ1v) is 8.40. The molecule has 0 aliphatic carbocycles. The first kappa shape index (κ1) is 19.3. The number of hydrogen-bond donors (Lipinski definition) is 2. The minimum atomic E-state index is 0.269. The van der Waals surface area contributed by atoms with E-state index in [1.54, 1.807) is 14.2 Å². The summed E-state index contributed by atoms with van der Waals surface area (Å²) in [5.74, 6) is 1.73.